The number of amides is 5. The fourth-order valence-electron chi connectivity index (χ4n) is 3.38. The summed E-state index contributed by atoms with van der Waals surface area (Å²) >= 11 is 0. The van der Waals surface area contributed by atoms with Gasteiger partial charge in [-0.15, -0.1) is 0 Å². The van der Waals surface area contributed by atoms with E-state index in [1.807, 2.05) is 0 Å². The average Bonchev–Trinajstić information content (AvgIpc) is 3.33. The standard InChI is InChI=1S/C30H53N3O12/c1-30(2,3)7-8-31-26(34)6-10-38-12-14-40-16-18-42-20-22-44-24-25-45-23-21-43-19-17-41-15-13-39-11-9-32-29(37)33-27(35)4-5-28(33)36/h4-5H,6-25H2,1-3H3,(H,31,34)(H,32,37). The summed E-state index contributed by atoms with van der Waals surface area (Å²) in [5.74, 6) is -1.31. The molecule has 260 valence electrons. The molecule has 0 radical (unpaired) electrons. The molecule has 0 fully saturated rings. The number of nitrogens with one attached hydrogen (secondary N) is 2. The highest BCUT2D eigenvalue weighted by Crippen LogP contribution is 2.16. The van der Waals surface area contributed by atoms with E-state index < -0.39 is 17.8 Å². The van der Waals surface area contributed by atoms with Crippen LogP contribution in [0, 0.1) is 5.41 Å². The van der Waals surface area contributed by atoms with Gasteiger partial charge in [-0.05, 0) is 11.8 Å². The molecule has 0 saturated carbocycles. The van der Waals surface area contributed by atoms with Crippen molar-refractivity contribution in [1.29, 1.82) is 0 Å². The first-order chi connectivity index (χ1) is 21.7. The highest BCUT2D eigenvalue weighted by atomic mass is 16.6. The van der Waals surface area contributed by atoms with Crippen LogP contribution in [-0.2, 0) is 52.3 Å². The molecule has 0 aliphatic carbocycles. The molecule has 2 N–H and O–H groups in total. The summed E-state index contributed by atoms with van der Waals surface area (Å²) in [6.45, 7) is 14.0. The molecule has 0 aromatic rings. The molecular weight excluding hydrogens is 594 g/mol. The van der Waals surface area contributed by atoms with Gasteiger partial charge in [0.05, 0.1) is 106 Å². The van der Waals surface area contributed by atoms with Gasteiger partial charge in [0.1, 0.15) is 0 Å². The average molecular weight is 648 g/mol. The third-order valence-electron chi connectivity index (χ3n) is 5.81. The minimum Gasteiger partial charge on any atom is -0.379 e. The molecular formula is C30H53N3O12. The van der Waals surface area contributed by atoms with Crippen molar-refractivity contribution in [2.75, 3.05) is 119 Å². The number of nitrogens with zero attached hydrogens (tertiary/aromatic N) is 1. The van der Waals surface area contributed by atoms with Crippen LogP contribution >= 0.6 is 0 Å². The molecule has 0 atom stereocenters. The molecule has 1 aliphatic rings. The van der Waals surface area contributed by atoms with Gasteiger partial charge < -0.3 is 48.5 Å². The van der Waals surface area contributed by atoms with Crippen molar-refractivity contribution in [1.82, 2.24) is 15.5 Å². The minimum absolute atomic E-state index is 0.00749. The van der Waals surface area contributed by atoms with Crippen LogP contribution in [-0.4, -0.2) is 147 Å². The number of carbonyl (C=O) groups is 4. The van der Waals surface area contributed by atoms with Crippen LogP contribution in [0.1, 0.15) is 33.6 Å². The quantitative estimate of drug-likeness (QED) is 0.0862. The van der Waals surface area contributed by atoms with Crippen molar-refractivity contribution >= 4 is 23.8 Å². The fraction of sp³-hybridized carbons (Fsp3) is 0.800. The lowest BCUT2D eigenvalue weighted by atomic mass is 9.92. The Morgan fingerprint density at radius 2 is 0.911 bits per heavy atom. The second-order valence-electron chi connectivity index (χ2n) is 10.9. The maximum absolute atomic E-state index is 11.7. The molecule has 0 saturated heterocycles. The Morgan fingerprint density at radius 3 is 1.29 bits per heavy atom. The largest absolute Gasteiger partial charge is 0.379 e. The summed E-state index contributed by atoms with van der Waals surface area (Å²) < 4.78 is 43.3. The molecule has 1 aliphatic heterocycles. The van der Waals surface area contributed by atoms with Gasteiger partial charge in [-0.1, -0.05) is 20.8 Å². The fourth-order valence-corrected chi connectivity index (χ4v) is 3.38. The molecule has 15 nitrogen and oxygen atoms in total. The molecule has 0 spiro atoms. The predicted octanol–water partition coefficient (Wildman–Crippen LogP) is 0.696. The van der Waals surface area contributed by atoms with Crippen LogP contribution < -0.4 is 10.6 Å². The van der Waals surface area contributed by atoms with Gasteiger partial charge in [-0.2, -0.15) is 4.90 Å². The zero-order valence-electron chi connectivity index (χ0n) is 27.1. The molecule has 1 rings (SSSR count). The molecule has 1 heterocycles. The number of carbonyl (C=O) groups excluding carboxylic acids is 4. The molecule has 0 unspecified atom stereocenters. The van der Waals surface area contributed by atoms with Crippen LogP contribution in [0.25, 0.3) is 0 Å². The van der Waals surface area contributed by atoms with Gasteiger partial charge in [0, 0.05) is 31.7 Å². The summed E-state index contributed by atoms with van der Waals surface area (Å²) in [6.07, 6.45) is 3.38. The second kappa shape index (κ2) is 26.7. The van der Waals surface area contributed by atoms with Crippen LogP contribution in [0.3, 0.4) is 0 Å². The Kier molecular flexibility index (Phi) is 24.0. The number of rotatable bonds is 29. The number of ether oxygens (including phenoxy) is 8. The molecule has 5 amide bonds. The van der Waals surface area contributed by atoms with E-state index in [1.54, 1.807) is 0 Å². The lowest BCUT2D eigenvalue weighted by Gasteiger charge is -2.17. The topological polar surface area (TPSA) is 169 Å². The molecule has 0 bridgehead atoms. The second-order valence-corrected chi connectivity index (χ2v) is 10.9. The Balaban J connectivity index is 1.69. The van der Waals surface area contributed by atoms with Gasteiger partial charge >= 0.3 is 6.03 Å². The zero-order valence-corrected chi connectivity index (χ0v) is 27.1. The Hall–Kier alpha value is -2.50. The van der Waals surface area contributed by atoms with Crippen LogP contribution in [0.4, 0.5) is 4.79 Å². The third-order valence-corrected chi connectivity index (χ3v) is 5.81. The van der Waals surface area contributed by atoms with Gasteiger partial charge in [0.25, 0.3) is 11.8 Å². The molecule has 45 heavy (non-hydrogen) atoms. The number of hydrogen-bond donors (Lipinski definition) is 2. The molecule has 15 heteroatoms. The van der Waals surface area contributed by atoms with Crippen LogP contribution in [0.5, 0.6) is 0 Å². The van der Waals surface area contributed by atoms with Gasteiger partial charge in [0.15, 0.2) is 0 Å². The van der Waals surface area contributed by atoms with Crippen molar-refractivity contribution in [3.05, 3.63) is 12.2 Å². The van der Waals surface area contributed by atoms with E-state index in [1.165, 1.54) is 0 Å². The summed E-state index contributed by atoms with van der Waals surface area (Å²) in [7, 11) is 0. The maximum Gasteiger partial charge on any atom is 0.331 e. The summed E-state index contributed by atoms with van der Waals surface area (Å²) in [5.41, 5.74) is 0.208. The van der Waals surface area contributed by atoms with Gasteiger partial charge in [0.2, 0.25) is 5.91 Å². The number of hydrogen-bond acceptors (Lipinski definition) is 12. The smallest absolute Gasteiger partial charge is 0.331 e. The van der Waals surface area contributed by atoms with E-state index in [2.05, 4.69) is 31.4 Å². The summed E-state index contributed by atoms with van der Waals surface area (Å²) in [6, 6.07) is -0.770. The van der Waals surface area contributed by atoms with Gasteiger partial charge in [-0.3, -0.25) is 14.4 Å². The number of imide groups is 3. The van der Waals surface area contributed by atoms with Crippen molar-refractivity contribution in [2.24, 2.45) is 5.41 Å². The molecule has 0 aromatic carbocycles. The highest BCUT2D eigenvalue weighted by molar-refractivity contribution is 6.22. The predicted molar refractivity (Wildman–Crippen MR) is 163 cm³/mol. The minimum atomic E-state index is -0.770. The van der Waals surface area contributed by atoms with Gasteiger partial charge in [-0.25, -0.2) is 4.79 Å². The van der Waals surface area contributed by atoms with E-state index in [9.17, 15) is 19.2 Å². The van der Waals surface area contributed by atoms with E-state index in [0.29, 0.717) is 117 Å². The monoisotopic (exact) mass is 647 g/mol. The van der Waals surface area contributed by atoms with E-state index in [0.717, 1.165) is 18.6 Å². The first-order valence-corrected chi connectivity index (χ1v) is 15.4. The van der Waals surface area contributed by atoms with Crippen molar-refractivity contribution in [2.45, 2.75) is 33.6 Å². The third kappa shape index (κ3) is 24.4. The highest BCUT2D eigenvalue weighted by Gasteiger charge is 2.29. The van der Waals surface area contributed by atoms with Crippen LogP contribution in [0.2, 0.25) is 0 Å². The first kappa shape index (κ1) is 40.5. The van der Waals surface area contributed by atoms with Crippen molar-refractivity contribution < 1.29 is 57.1 Å². The Bertz CT molecular complexity index is 833. The summed E-state index contributed by atoms with van der Waals surface area (Å²) in [4.78, 5) is 46.8. The van der Waals surface area contributed by atoms with Crippen molar-refractivity contribution in [3.63, 3.8) is 0 Å². The normalized spacial score (nSPS) is 13.2. The maximum atomic E-state index is 11.7. The van der Waals surface area contributed by atoms with Crippen molar-refractivity contribution in [3.8, 4) is 0 Å². The van der Waals surface area contributed by atoms with E-state index >= 15 is 0 Å². The van der Waals surface area contributed by atoms with Crippen LogP contribution in [0.15, 0.2) is 12.2 Å². The Labute approximate surface area is 266 Å². The SMILES string of the molecule is CC(C)(C)CCNC(=O)CCOCCOCCOCCOCCOCCOCCOCCOCCNC(=O)N1C(=O)C=CC1=O. The van der Waals surface area contributed by atoms with E-state index in [-0.39, 0.29) is 24.5 Å². The zero-order chi connectivity index (χ0) is 33.0. The Morgan fingerprint density at radius 1 is 0.556 bits per heavy atom. The number of urea groups is 1. The first-order valence-electron chi connectivity index (χ1n) is 15.4. The van der Waals surface area contributed by atoms with E-state index in [4.69, 9.17) is 37.9 Å². The summed E-state index contributed by atoms with van der Waals surface area (Å²) in [5, 5.41) is 5.34. The lowest BCUT2D eigenvalue weighted by molar-refractivity contribution is -0.133. The lowest BCUT2D eigenvalue weighted by Crippen LogP contribution is -2.44. The molecule has 0 aromatic heterocycles.